The van der Waals surface area contributed by atoms with Crippen molar-refractivity contribution >= 4 is 11.9 Å². The van der Waals surface area contributed by atoms with E-state index in [9.17, 15) is 19.1 Å². The first kappa shape index (κ1) is 19.2. The molecule has 138 valence electrons. The van der Waals surface area contributed by atoms with Crippen LogP contribution >= 0.6 is 0 Å². The van der Waals surface area contributed by atoms with E-state index in [1.165, 1.54) is 12.1 Å². The quantitative estimate of drug-likeness (QED) is 0.652. The summed E-state index contributed by atoms with van der Waals surface area (Å²) in [6.07, 6.45) is 2.53. The standard InChI is InChI=1S/C18H25FN2O4/c1-13(18(23)24)21(15-6-7-15)12-17(22)20(2)10-3-11-25-16-8-4-14(19)5-9-16/h4-5,8-9,13,15H,3,6-7,10-12H2,1-2H3,(H,23,24). The summed E-state index contributed by atoms with van der Waals surface area (Å²) in [5.41, 5.74) is 0. The van der Waals surface area contributed by atoms with Crippen molar-refractivity contribution in [1.29, 1.82) is 0 Å². The summed E-state index contributed by atoms with van der Waals surface area (Å²) in [5.74, 6) is -0.726. The van der Waals surface area contributed by atoms with Crippen LogP contribution in [0.5, 0.6) is 5.75 Å². The molecule has 0 heterocycles. The Bertz CT molecular complexity index is 589. The van der Waals surface area contributed by atoms with Gasteiger partial charge in [-0.2, -0.15) is 0 Å². The Morgan fingerprint density at radius 2 is 1.96 bits per heavy atom. The maximum Gasteiger partial charge on any atom is 0.320 e. The van der Waals surface area contributed by atoms with E-state index in [0.29, 0.717) is 25.3 Å². The highest BCUT2D eigenvalue weighted by molar-refractivity contribution is 5.79. The number of amides is 1. The van der Waals surface area contributed by atoms with Gasteiger partial charge < -0.3 is 14.7 Å². The third-order valence-electron chi connectivity index (χ3n) is 4.33. The van der Waals surface area contributed by atoms with Gasteiger partial charge in [0.15, 0.2) is 0 Å². The number of nitrogens with zero attached hydrogens (tertiary/aromatic N) is 2. The zero-order valence-electron chi connectivity index (χ0n) is 14.7. The third kappa shape index (κ3) is 6.01. The first-order valence-electron chi connectivity index (χ1n) is 8.49. The minimum atomic E-state index is -0.907. The predicted octanol–water partition coefficient (Wildman–Crippen LogP) is 1.99. The monoisotopic (exact) mass is 352 g/mol. The first-order valence-corrected chi connectivity index (χ1v) is 8.49. The Balaban J connectivity index is 1.72. The lowest BCUT2D eigenvalue weighted by Gasteiger charge is -2.27. The van der Waals surface area contributed by atoms with Crippen molar-refractivity contribution in [1.82, 2.24) is 9.80 Å². The van der Waals surface area contributed by atoms with Crippen molar-refractivity contribution < 1.29 is 23.8 Å². The smallest absolute Gasteiger partial charge is 0.320 e. The zero-order chi connectivity index (χ0) is 18.4. The van der Waals surface area contributed by atoms with Crippen LogP contribution in [0.15, 0.2) is 24.3 Å². The average Bonchev–Trinajstić information content (AvgIpc) is 3.41. The molecule has 1 aromatic rings. The molecule has 0 bridgehead atoms. The Labute approximate surface area is 147 Å². The normalized spacial score (nSPS) is 15.0. The summed E-state index contributed by atoms with van der Waals surface area (Å²) < 4.78 is 18.3. The number of likely N-dealkylation sites (N-methyl/N-ethyl adjacent to an activating group) is 1. The van der Waals surface area contributed by atoms with Gasteiger partial charge in [0.1, 0.15) is 17.6 Å². The molecular formula is C18H25FN2O4. The molecule has 1 aliphatic rings. The number of rotatable bonds is 10. The first-order chi connectivity index (χ1) is 11.9. The van der Waals surface area contributed by atoms with Crippen LogP contribution in [0.25, 0.3) is 0 Å². The van der Waals surface area contributed by atoms with E-state index in [4.69, 9.17) is 4.74 Å². The lowest BCUT2D eigenvalue weighted by Crippen LogP contribution is -2.47. The summed E-state index contributed by atoms with van der Waals surface area (Å²) in [6.45, 7) is 2.67. The lowest BCUT2D eigenvalue weighted by atomic mass is 10.2. The molecule has 1 aliphatic carbocycles. The molecule has 1 saturated carbocycles. The van der Waals surface area contributed by atoms with Gasteiger partial charge in [-0.25, -0.2) is 4.39 Å². The van der Waals surface area contributed by atoms with Crippen molar-refractivity contribution in [2.75, 3.05) is 26.7 Å². The van der Waals surface area contributed by atoms with Gasteiger partial charge >= 0.3 is 5.97 Å². The van der Waals surface area contributed by atoms with Crippen LogP contribution in [0.3, 0.4) is 0 Å². The Hall–Kier alpha value is -2.15. The predicted molar refractivity (Wildman–Crippen MR) is 91.0 cm³/mol. The number of hydrogen-bond acceptors (Lipinski definition) is 4. The number of carboxylic acids is 1. The van der Waals surface area contributed by atoms with E-state index in [1.54, 1.807) is 35.9 Å². The minimum Gasteiger partial charge on any atom is -0.494 e. The second-order valence-electron chi connectivity index (χ2n) is 6.39. The Morgan fingerprint density at radius 3 is 2.52 bits per heavy atom. The fraction of sp³-hybridized carbons (Fsp3) is 0.556. The highest BCUT2D eigenvalue weighted by Crippen LogP contribution is 2.28. The lowest BCUT2D eigenvalue weighted by molar-refractivity contribution is -0.144. The molecule has 1 fully saturated rings. The number of benzene rings is 1. The van der Waals surface area contributed by atoms with Crippen LogP contribution in [0, 0.1) is 5.82 Å². The van der Waals surface area contributed by atoms with Gasteiger partial charge in [0.05, 0.1) is 13.2 Å². The highest BCUT2D eigenvalue weighted by atomic mass is 19.1. The van der Waals surface area contributed by atoms with Crippen molar-refractivity contribution in [3.63, 3.8) is 0 Å². The molecule has 1 atom stereocenters. The summed E-state index contributed by atoms with van der Waals surface area (Å²) in [5, 5.41) is 9.17. The van der Waals surface area contributed by atoms with E-state index in [-0.39, 0.29) is 24.3 Å². The summed E-state index contributed by atoms with van der Waals surface area (Å²) in [7, 11) is 1.71. The summed E-state index contributed by atoms with van der Waals surface area (Å²) >= 11 is 0. The van der Waals surface area contributed by atoms with Gasteiger partial charge in [-0.1, -0.05) is 0 Å². The van der Waals surface area contributed by atoms with Gasteiger partial charge in [-0.15, -0.1) is 0 Å². The van der Waals surface area contributed by atoms with Crippen LogP contribution in [0.4, 0.5) is 4.39 Å². The zero-order valence-corrected chi connectivity index (χ0v) is 14.7. The highest BCUT2D eigenvalue weighted by Gasteiger charge is 2.36. The fourth-order valence-corrected chi connectivity index (χ4v) is 2.55. The van der Waals surface area contributed by atoms with Gasteiger partial charge in [-0.05, 0) is 50.5 Å². The second-order valence-corrected chi connectivity index (χ2v) is 6.39. The summed E-state index contributed by atoms with van der Waals surface area (Å²) in [4.78, 5) is 26.9. The number of halogens is 1. The minimum absolute atomic E-state index is 0.0956. The number of carboxylic acid groups (broad SMARTS) is 1. The fourth-order valence-electron chi connectivity index (χ4n) is 2.55. The molecule has 25 heavy (non-hydrogen) atoms. The Morgan fingerprint density at radius 1 is 1.32 bits per heavy atom. The van der Waals surface area contributed by atoms with Crippen LogP contribution in [-0.4, -0.2) is 65.6 Å². The molecule has 1 unspecified atom stereocenters. The molecule has 2 rings (SSSR count). The molecular weight excluding hydrogens is 327 g/mol. The van der Waals surface area contributed by atoms with E-state index in [2.05, 4.69) is 0 Å². The number of carbonyl (C=O) groups is 2. The van der Waals surface area contributed by atoms with Gasteiger partial charge in [-0.3, -0.25) is 14.5 Å². The molecule has 0 aliphatic heterocycles. The number of ether oxygens (including phenoxy) is 1. The summed E-state index contributed by atoms with van der Waals surface area (Å²) in [6, 6.07) is 5.33. The van der Waals surface area contributed by atoms with E-state index < -0.39 is 12.0 Å². The van der Waals surface area contributed by atoms with Crippen molar-refractivity contribution in [3.8, 4) is 5.75 Å². The molecule has 0 aromatic heterocycles. The largest absolute Gasteiger partial charge is 0.494 e. The van der Waals surface area contributed by atoms with E-state index in [0.717, 1.165) is 12.8 Å². The van der Waals surface area contributed by atoms with Crippen molar-refractivity contribution in [2.24, 2.45) is 0 Å². The topological polar surface area (TPSA) is 70.1 Å². The maximum atomic E-state index is 12.8. The molecule has 1 aromatic carbocycles. The molecule has 0 saturated heterocycles. The maximum absolute atomic E-state index is 12.8. The van der Waals surface area contributed by atoms with Crippen LogP contribution in [-0.2, 0) is 9.59 Å². The number of carbonyl (C=O) groups excluding carboxylic acids is 1. The molecule has 1 N–H and O–H groups in total. The number of hydrogen-bond donors (Lipinski definition) is 1. The Kier molecular flexibility index (Phi) is 6.75. The third-order valence-corrected chi connectivity index (χ3v) is 4.33. The van der Waals surface area contributed by atoms with E-state index in [1.807, 2.05) is 0 Å². The van der Waals surface area contributed by atoms with Gasteiger partial charge in [0.2, 0.25) is 5.91 Å². The van der Waals surface area contributed by atoms with Crippen molar-refractivity contribution in [2.45, 2.75) is 38.3 Å². The molecule has 0 spiro atoms. The van der Waals surface area contributed by atoms with Crippen LogP contribution < -0.4 is 4.74 Å². The molecule has 0 radical (unpaired) electrons. The van der Waals surface area contributed by atoms with Gasteiger partial charge in [0.25, 0.3) is 0 Å². The van der Waals surface area contributed by atoms with E-state index >= 15 is 0 Å². The van der Waals surface area contributed by atoms with Gasteiger partial charge in [0, 0.05) is 19.6 Å². The molecule has 1 amide bonds. The second kappa shape index (κ2) is 8.80. The van der Waals surface area contributed by atoms with Crippen LogP contribution in [0.1, 0.15) is 26.2 Å². The molecule has 6 nitrogen and oxygen atoms in total. The SMILES string of the molecule is CC(C(=O)O)N(CC(=O)N(C)CCCOc1ccc(F)cc1)C1CC1. The number of aliphatic carboxylic acids is 1. The van der Waals surface area contributed by atoms with Crippen LogP contribution in [0.2, 0.25) is 0 Å². The molecule has 7 heteroatoms. The van der Waals surface area contributed by atoms with Crippen molar-refractivity contribution in [3.05, 3.63) is 30.1 Å². The average molecular weight is 352 g/mol.